The lowest BCUT2D eigenvalue weighted by Crippen LogP contribution is -2.33. The predicted octanol–water partition coefficient (Wildman–Crippen LogP) is 6.79. The van der Waals surface area contributed by atoms with E-state index in [1.165, 1.54) is 5.56 Å². The fourth-order valence-electron chi connectivity index (χ4n) is 4.82. The van der Waals surface area contributed by atoms with Crippen LogP contribution in [0.2, 0.25) is 0 Å². The molecule has 1 aliphatic heterocycles. The highest BCUT2D eigenvalue weighted by molar-refractivity contribution is 5.67. The number of hydrogen-bond acceptors (Lipinski definition) is 6. The van der Waals surface area contributed by atoms with Gasteiger partial charge in [-0.3, -0.25) is 4.90 Å². The van der Waals surface area contributed by atoms with Gasteiger partial charge in [0.05, 0.1) is 0 Å². The van der Waals surface area contributed by atoms with Crippen molar-refractivity contribution in [3.8, 4) is 17.2 Å². The minimum atomic E-state index is -0.635. The number of benzene rings is 2. The van der Waals surface area contributed by atoms with Crippen LogP contribution in [-0.4, -0.2) is 47.1 Å². The molecule has 0 radical (unpaired) electrons. The lowest BCUT2D eigenvalue weighted by molar-refractivity contribution is -0.0431. The average Bonchev–Trinajstić information content (AvgIpc) is 3.10. The molecule has 2 N–H and O–H groups in total. The van der Waals surface area contributed by atoms with Crippen LogP contribution in [0.15, 0.2) is 30.3 Å². The highest BCUT2D eigenvalue weighted by Crippen LogP contribution is 2.39. The standard InChI is InChI=1S/C32H48N2O5/c1-21(2)19-34(15-13-23-10-11-27-28(18-23)38-32(8,9)37-27)20-25-16-24(17-26(22(3)4)29(25)35)12-14-33-30(36)39-31(5,6)7/h10-11,16-18,21-22,35H,12-15,19-20H2,1-9H3,(H,33,36). The number of carbonyl (C=O) groups is 1. The first-order chi connectivity index (χ1) is 18.1. The van der Waals surface area contributed by atoms with E-state index in [4.69, 9.17) is 14.2 Å². The zero-order valence-electron chi connectivity index (χ0n) is 25.3. The second kappa shape index (κ2) is 12.5. The first-order valence-corrected chi connectivity index (χ1v) is 14.2. The molecule has 0 saturated heterocycles. The minimum absolute atomic E-state index is 0.180. The Morgan fingerprint density at radius 2 is 1.72 bits per heavy atom. The number of phenols is 1. The molecule has 1 heterocycles. The fourth-order valence-corrected chi connectivity index (χ4v) is 4.82. The maximum atomic E-state index is 12.1. The molecule has 7 nitrogen and oxygen atoms in total. The highest BCUT2D eigenvalue weighted by Gasteiger charge is 2.31. The van der Waals surface area contributed by atoms with E-state index < -0.39 is 17.5 Å². The molecule has 39 heavy (non-hydrogen) atoms. The van der Waals surface area contributed by atoms with Gasteiger partial charge in [0, 0.05) is 45.6 Å². The Kier molecular flexibility index (Phi) is 9.81. The molecule has 1 amide bonds. The van der Waals surface area contributed by atoms with Gasteiger partial charge in [0.15, 0.2) is 11.5 Å². The van der Waals surface area contributed by atoms with Crippen molar-refractivity contribution in [1.82, 2.24) is 10.2 Å². The Morgan fingerprint density at radius 3 is 2.36 bits per heavy atom. The number of fused-ring (bicyclic) bond motifs is 1. The third-order valence-electron chi connectivity index (χ3n) is 6.44. The minimum Gasteiger partial charge on any atom is -0.507 e. The molecular formula is C32H48N2O5. The van der Waals surface area contributed by atoms with Crippen molar-refractivity contribution in [3.05, 3.63) is 52.6 Å². The quantitative estimate of drug-likeness (QED) is 0.327. The largest absolute Gasteiger partial charge is 0.507 e. The molecule has 0 spiro atoms. The van der Waals surface area contributed by atoms with Crippen molar-refractivity contribution >= 4 is 6.09 Å². The average molecular weight is 541 g/mol. The normalized spacial score (nSPS) is 14.4. The van der Waals surface area contributed by atoms with E-state index in [0.29, 0.717) is 31.2 Å². The van der Waals surface area contributed by atoms with Crippen LogP contribution in [0.1, 0.15) is 90.5 Å². The summed E-state index contributed by atoms with van der Waals surface area (Å²) in [5, 5.41) is 14.0. The van der Waals surface area contributed by atoms with Crippen molar-refractivity contribution in [2.75, 3.05) is 19.6 Å². The first kappa shape index (κ1) is 30.6. The number of alkyl carbamates (subject to hydrolysis) is 1. The number of amides is 1. The van der Waals surface area contributed by atoms with E-state index in [1.54, 1.807) is 0 Å². The van der Waals surface area contributed by atoms with Crippen LogP contribution in [0.4, 0.5) is 4.79 Å². The second-order valence-corrected chi connectivity index (χ2v) is 12.8. The summed E-state index contributed by atoms with van der Waals surface area (Å²) in [6.45, 7) is 20.9. The molecule has 7 heteroatoms. The van der Waals surface area contributed by atoms with Crippen molar-refractivity contribution in [2.24, 2.45) is 5.92 Å². The van der Waals surface area contributed by atoms with E-state index in [9.17, 15) is 9.90 Å². The molecule has 2 aromatic rings. The summed E-state index contributed by atoms with van der Waals surface area (Å²) in [7, 11) is 0. The van der Waals surface area contributed by atoms with Gasteiger partial charge in [-0.2, -0.15) is 0 Å². The van der Waals surface area contributed by atoms with E-state index in [-0.39, 0.29) is 5.92 Å². The Balaban J connectivity index is 1.72. The van der Waals surface area contributed by atoms with Crippen molar-refractivity contribution in [2.45, 2.75) is 99.0 Å². The number of carbonyl (C=O) groups excluding carboxylic acids is 1. The number of rotatable bonds is 11. The first-order valence-electron chi connectivity index (χ1n) is 14.2. The van der Waals surface area contributed by atoms with Crippen LogP contribution in [0.3, 0.4) is 0 Å². The summed E-state index contributed by atoms with van der Waals surface area (Å²) in [6, 6.07) is 10.3. The van der Waals surface area contributed by atoms with Gasteiger partial charge in [0.25, 0.3) is 0 Å². The van der Waals surface area contributed by atoms with Crippen LogP contribution in [0.25, 0.3) is 0 Å². The Morgan fingerprint density at radius 1 is 1.03 bits per heavy atom. The summed E-state index contributed by atoms with van der Waals surface area (Å²) in [4.78, 5) is 14.5. The third-order valence-corrected chi connectivity index (χ3v) is 6.44. The summed E-state index contributed by atoms with van der Waals surface area (Å²) in [5.41, 5.74) is 3.60. The predicted molar refractivity (Wildman–Crippen MR) is 156 cm³/mol. The van der Waals surface area contributed by atoms with Gasteiger partial charge in [0.2, 0.25) is 5.79 Å². The van der Waals surface area contributed by atoms with Crippen LogP contribution >= 0.6 is 0 Å². The van der Waals surface area contributed by atoms with Crippen molar-refractivity contribution in [1.29, 1.82) is 0 Å². The summed E-state index contributed by atoms with van der Waals surface area (Å²) in [5.74, 6) is 1.97. The van der Waals surface area contributed by atoms with Gasteiger partial charge in [0.1, 0.15) is 11.4 Å². The number of nitrogens with zero attached hydrogens (tertiary/aromatic N) is 1. The fraction of sp³-hybridized carbons (Fsp3) is 0.594. The van der Waals surface area contributed by atoms with Gasteiger partial charge >= 0.3 is 6.09 Å². The lowest BCUT2D eigenvalue weighted by atomic mass is 9.94. The monoisotopic (exact) mass is 540 g/mol. The molecule has 1 aliphatic rings. The van der Waals surface area contributed by atoms with Crippen LogP contribution in [-0.2, 0) is 24.1 Å². The van der Waals surface area contributed by atoms with E-state index in [2.05, 4.69) is 62.2 Å². The number of nitrogens with one attached hydrogen (secondary N) is 1. The summed E-state index contributed by atoms with van der Waals surface area (Å²) < 4.78 is 17.1. The number of hydrogen-bond donors (Lipinski definition) is 2. The molecule has 0 unspecified atom stereocenters. The van der Waals surface area contributed by atoms with Gasteiger partial charge < -0.3 is 24.6 Å². The Hall–Kier alpha value is -2.93. The topological polar surface area (TPSA) is 80.3 Å². The summed E-state index contributed by atoms with van der Waals surface area (Å²) >= 11 is 0. The molecule has 0 atom stereocenters. The van der Waals surface area contributed by atoms with Crippen LogP contribution < -0.4 is 14.8 Å². The molecule has 3 rings (SSSR count). The maximum Gasteiger partial charge on any atom is 0.407 e. The Bertz CT molecular complexity index is 1130. The van der Waals surface area contributed by atoms with Crippen LogP contribution in [0, 0.1) is 5.92 Å². The number of phenolic OH excluding ortho intramolecular Hbond substituents is 1. The molecule has 2 aromatic carbocycles. The van der Waals surface area contributed by atoms with Gasteiger partial charge in [-0.15, -0.1) is 0 Å². The second-order valence-electron chi connectivity index (χ2n) is 12.8. The number of ether oxygens (including phenoxy) is 3. The van der Waals surface area contributed by atoms with Gasteiger partial charge in [-0.25, -0.2) is 4.79 Å². The number of aromatic hydroxyl groups is 1. The smallest absolute Gasteiger partial charge is 0.407 e. The molecule has 0 aliphatic carbocycles. The lowest BCUT2D eigenvalue weighted by Gasteiger charge is -2.26. The zero-order valence-corrected chi connectivity index (χ0v) is 25.3. The Labute approximate surface area is 234 Å². The zero-order chi connectivity index (χ0) is 29.0. The maximum absolute atomic E-state index is 12.1. The van der Waals surface area contributed by atoms with Crippen LogP contribution in [0.5, 0.6) is 17.2 Å². The molecular weight excluding hydrogens is 492 g/mol. The molecule has 0 bridgehead atoms. The molecule has 0 fully saturated rings. The van der Waals surface area contributed by atoms with Crippen molar-refractivity contribution < 1.29 is 24.1 Å². The highest BCUT2D eigenvalue weighted by atomic mass is 16.7. The SMILES string of the molecule is CC(C)CN(CCc1ccc2c(c1)OC(C)(C)O2)Cc1cc(CCNC(=O)OC(C)(C)C)cc(C(C)C)c1O. The van der Waals surface area contributed by atoms with E-state index in [0.717, 1.165) is 47.7 Å². The third kappa shape index (κ3) is 9.34. The molecule has 0 saturated carbocycles. The van der Waals surface area contributed by atoms with Crippen molar-refractivity contribution in [3.63, 3.8) is 0 Å². The van der Waals surface area contributed by atoms with Gasteiger partial charge in [-0.05, 0) is 74.3 Å². The molecule has 216 valence electrons. The van der Waals surface area contributed by atoms with Gasteiger partial charge in [-0.1, -0.05) is 45.9 Å². The van der Waals surface area contributed by atoms with E-state index in [1.807, 2.05) is 40.7 Å². The molecule has 0 aromatic heterocycles. The van der Waals surface area contributed by atoms with E-state index >= 15 is 0 Å². The summed E-state index contributed by atoms with van der Waals surface area (Å²) in [6.07, 6.45) is 1.10.